The predicted octanol–water partition coefficient (Wildman–Crippen LogP) is 2.09. The van der Waals surface area contributed by atoms with Crippen molar-refractivity contribution in [3.63, 3.8) is 0 Å². The third kappa shape index (κ3) is 2.41. The highest BCUT2D eigenvalue weighted by molar-refractivity contribution is 5.77. The molecule has 0 atom stereocenters. The summed E-state index contributed by atoms with van der Waals surface area (Å²) in [5.41, 5.74) is 3.85. The number of aryl methyl sites for hydroxylation is 2. The minimum Gasteiger partial charge on any atom is -0.493 e. The molecule has 0 aliphatic rings. The zero-order valence-corrected chi connectivity index (χ0v) is 12.3. The quantitative estimate of drug-likeness (QED) is 0.684. The van der Waals surface area contributed by atoms with Gasteiger partial charge in [0.1, 0.15) is 0 Å². The molecule has 1 aromatic carbocycles. The molecule has 2 aromatic heterocycles. The van der Waals surface area contributed by atoms with E-state index in [1.54, 1.807) is 6.92 Å². The number of benzene rings is 1. The molecular weight excluding hydrogens is 284 g/mol. The van der Waals surface area contributed by atoms with Crippen LogP contribution >= 0.6 is 0 Å². The zero-order valence-electron chi connectivity index (χ0n) is 12.3. The lowest BCUT2D eigenvalue weighted by Gasteiger charge is -1.99. The maximum Gasteiger partial charge on any atom is 0.303 e. The molecule has 3 aromatic rings. The Hall–Kier alpha value is -2.83. The number of H-pyrrole nitrogens is 1. The second kappa shape index (κ2) is 5.18. The molecule has 114 valence electrons. The summed E-state index contributed by atoms with van der Waals surface area (Å²) in [7, 11) is 0. The molecule has 2 heterocycles. The number of aromatic nitrogens is 4. The largest absolute Gasteiger partial charge is 0.493 e. The van der Waals surface area contributed by atoms with Crippen molar-refractivity contribution in [1.29, 1.82) is 0 Å². The summed E-state index contributed by atoms with van der Waals surface area (Å²) in [5, 5.41) is 23.3. The van der Waals surface area contributed by atoms with Gasteiger partial charge >= 0.3 is 5.97 Å². The van der Waals surface area contributed by atoms with Crippen LogP contribution in [0, 0.1) is 13.8 Å². The first-order valence-corrected chi connectivity index (χ1v) is 6.91. The summed E-state index contributed by atoms with van der Waals surface area (Å²) in [5.74, 6) is -0.580. The minimum absolute atomic E-state index is 0.0561. The van der Waals surface area contributed by atoms with Gasteiger partial charge in [-0.25, -0.2) is 4.98 Å². The number of aliphatic carboxylic acids is 1. The molecule has 0 bridgehead atoms. The topological polar surface area (TPSA) is 104 Å². The molecule has 3 rings (SSSR count). The Labute approximate surface area is 126 Å². The van der Waals surface area contributed by atoms with E-state index in [9.17, 15) is 9.90 Å². The normalized spacial score (nSPS) is 11.2. The molecule has 0 unspecified atom stereocenters. The monoisotopic (exact) mass is 300 g/mol. The van der Waals surface area contributed by atoms with Gasteiger partial charge in [0.05, 0.1) is 16.7 Å². The molecule has 0 aliphatic carbocycles. The van der Waals surface area contributed by atoms with Crippen molar-refractivity contribution >= 4 is 17.0 Å². The van der Waals surface area contributed by atoms with Crippen LogP contribution in [0.3, 0.4) is 0 Å². The number of rotatable bonds is 4. The SMILES string of the molecule is Cc1ccc2[nH]c(-n3nc(C)c(CCC(=O)O)c3O)nc2c1. The Morgan fingerprint density at radius 3 is 2.86 bits per heavy atom. The van der Waals surface area contributed by atoms with E-state index in [2.05, 4.69) is 15.1 Å². The summed E-state index contributed by atoms with van der Waals surface area (Å²) in [4.78, 5) is 18.2. The summed E-state index contributed by atoms with van der Waals surface area (Å²) in [6.45, 7) is 3.72. The number of aromatic hydroxyl groups is 1. The average molecular weight is 300 g/mol. The van der Waals surface area contributed by atoms with E-state index >= 15 is 0 Å². The first-order valence-electron chi connectivity index (χ1n) is 6.91. The van der Waals surface area contributed by atoms with Crippen LogP contribution in [0.1, 0.15) is 23.2 Å². The van der Waals surface area contributed by atoms with Crippen LogP contribution in [0.15, 0.2) is 18.2 Å². The fraction of sp³-hybridized carbons (Fsp3) is 0.267. The minimum atomic E-state index is -0.911. The summed E-state index contributed by atoms with van der Waals surface area (Å²) in [6, 6.07) is 5.82. The number of carbonyl (C=O) groups is 1. The number of nitrogens with zero attached hydrogens (tertiary/aromatic N) is 3. The third-order valence-corrected chi connectivity index (χ3v) is 3.57. The van der Waals surface area contributed by atoms with Crippen LogP contribution < -0.4 is 0 Å². The van der Waals surface area contributed by atoms with Crippen molar-refractivity contribution in [2.75, 3.05) is 0 Å². The maximum atomic E-state index is 10.7. The summed E-state index contributed by atoms with van der Waals surface area (Å²) < 4.78 is 1.31. The lowest BCUT2D eigenvalue weighted by Crippen LogP contribution is -1.99. The van der Waals surface area contributed by atoms with E-state index in [1.807, 2.05) is 25.1 Å². The van der Waals surface area contributed by atoms with Gasteiger partial charge in [-0.1, -0.05) is 6.07 Å². The number of imidazole rings is 1. The van der Waals surface area contributed by atoms with Crippen molar-refractivity contribution in [1.82, 2.24) is 19.7 Å². The van der Waals surface area contributed by atoms with E-state index in [-0.39, 0.29) is 18.7 Å². The van der Waals surface area contributed by atoms with Gasteiger partial charge in [-0.15, -0.1) is 0 Å². The van der Waals surface area contributed by atoms with Gasteiger partial charge in [-0.2, -0.15) is 9.78 Å². The third-order valence-electron chi connectivity index (χ3n) is 3.57. The highest BCUT2D eigenvalue weighted by Gasteiger charge is 2.18. The molecule has 0 saturated carbocycles. The van der Waals surface area contributed by atoms with E-state index in [0.29, 0.717) is 17.2 Å². The Bertz CT molecular complexity index is 863. The summed E-state index contributed by atoms with van der Waals surface area (Å²) >= 11 is 0. The second-order valence-corrected chi connectivity index (χ2v) is 5.27. The molecule has 7 nitrogen and oxygen atoms in total. The molecule has 0 spiro atoms. The second-order valence-electron chi connectivity index (χ2n) is 5.27. The fourth-order valence-corrected chi connectivity index (χ4v) is 2.42. The molecule has 0 amide bonds. The van der Waals surface area contributed by atoms with E-state index < -0.39 is 5.97 Å². The summed E-state index contributed by atoms with van der Waals surface area (Å²) in [6.07, 6.45) is 0.172. The van der Waals surface area contributed by atoms with Crippen molar-refractivity contribution in [3.05, 3.63) is 35.0 Å². The first-order chi connectivity index (χ1) is 10.5. The van der Waals surface area contributed by atoms with Crippen LogP contribution in [0.4, 0.5) is 0 Å². The van der Waals surface area contributed by atoms with Crippen LogP contribution in [0.25, 0.3) is 17.0 Å². The van der Waals surface area contributed by atoms with Crippen LogP contribution in [0.5, 0.6) is 5.88 Å². The maximum absolute atomic E-state index is 10.7. The Kier molecular flexibility index (Phi) is 3.32. The van der Waals surface area contributed by atoms with E-state index in [4.69, 9.17) is 5.11 Å². The smallest absolute Gasteiger partial charge is 0.303 e. The van der Waals surface area contributed by atoms with Crippen LogP contribution in [-0.4, -0.2) is 35.9 Å². The first kappa shape index (κ1) is 14.1. The number of carboxylic acids is 1. The molecule has 0 aliphatic heterocycles. The number of aromatic amines is 1. The molecular formula is C15H16N4O3. The molecule has 22 heavy (non-hydrogen) atoms. The highest BCUT2D eigenvalue weighted by atomic mass is 16.4. The lowest BCUT2D eigenvalue weighted by atomic mass is 10.1. The highest BCUT2D eigenvalue weighted by Crippen LogP contribution is 2.26. The Balaban J connectivity index is 2.03. The Morgan fingerprint density at radius 1 is 1.36 bits per heavy atom. The van der Waals surface area contributed by atoms with Gasteiger partial charge in [0, 0.05) is 12.0 Å². The number of fused-ring (bicyclic) bond motifs is 1. The van der Waals surface area contributed by atoms with Gasteiger partial charge in [0.25, 0.3) is 0 Å². The average Bonchev–Trinajstić information content (AvgIpc) is 2.97. The van der Waals surface area contributed by atoms with E-state index in [0.717, 1.165) is 16.6 Å². The van der Waals surface area contributed by atoms with Gasteiger partial charge < -0.3 is 15.2 Å². The van der Waals surface area contributed by atoms with Crippen molar-refractivity contribution in [2.45, 2.75) is 26.7 Å². The Morgan fingerprint density at radius 2 is 2.14 bits per heavy atom. The van der Waals surface area contributed by atoms with Crippen molar-refractivity contribution in [2.24, 2.45) is 0 Å². The number of hydrogen-bond donors (Lipinski definition) is 3. The van der Waals surface area contributed by atoms with Crippen molar-refractivity contribution < 1.29 is 15.0 Å². The number of carboxylic acid groups (broad SMARTS) is 1. The number of hydrogen-bond acceptors (Lipinski definition) is 4. The predicted molar refractivity (Wildman–Crippen MR) is 80.3 cm³/mol. The van der Waals surface area contributed by atoms with Crippen LogP contribution in [0.2, 0.25) is 0 Å². The molecule has 0 fully saturated rings. The molecule has 0 radical (unpaired) electrons. The fourth-order valence-electron chi connectivity index (χ4n) is 2.42. The standard InChI is InChI=1S/C15H16N4O3/c1-8-3-5-11-12(7-8)17-15(16-11)19-14(22)10(9(2)18-19)4-6-13(20)21/h3,5,7,22H,4,6H2,1-2H3,(H,16,17)(H,20,21). The molecule has 7 heteroatoms. The van der Waals surface area contributed by atoms with E-state index in [1.165, 1.54) is 4.68 Å². The van der Waals surface area contributed by atoms with Gasteiger partial charge in [-0.3, -0.25) is 4.79 Å². The van der Waals surface area contributed by atoms with Gasteiger partial charge in [-0.05, 0) is 38.0 Å². The number of nitrogens with one attached hydrogen (secondary N) is 1. The van der Waals surface area contributed by atoms with Gasteiger partial charge in [0.2, 0.25) is 11.8 Å². The van der Waals surface area contributed by atoms with Crippen molar-refractivity contribution in [3.8, 4) is 11.8 Å². The zero-order chi connectivity index (χ0) is 15.9. The molecule has 0 saturated heterocycles. The van der Waals surface area contributed by atoms with Gasteiger partial charge in [0.15, 0.2) is 0 Å². The lowest BCUT2D eigenvalue weighted by molar-refractivity contribution is -0.136. The van der Waals surface area contributed by atoms with Crippen LogP contribution in [-0.2, 0) is 11.2 Å². The molecule has 3 N–H and O–H groups in total.